The van der Waals surface area contributed by atoms with Gasteiger partial charge in [0.25, 0.3) is 0 Å². The van der Waals surface area contributed by atoms with Gasteiger partial charge in [-0.25, -0.2) is 9.13 Å². The third-order valence-electron chi connectivity index (χ3n) is 16.3. The van der Waals surface area contributed by atoms with Gasteiger partial charge in [0.05, 0.1) is 26.4 Å². The summed E-state index contributed by atoms with van der Waals surface area (Å²) in [6, 6.07) is 0. The number of allylic oxidation sites excluding steroid dienone is 14. The summed E-state index contributed by atoms with van der Waals surface area (Å²) >= 11 is 0. The molecule has 0 aromatic heterocycles. The Labute approximate surface area is 595 Å². The van der Waals surface area contributed by atoms with Crippen molar-refractivity contribution < 1.29 is 80.2 Å². The SMILES string of the molecule is CCC/C=C\C/C=C\CCCCCCCC(=O)OCC(COP(=O)(O)OCC(O)COP(=O)(O)OCC(COC(=O)CCCCCCCC/C=C\C/C=C\C/C=C\CCCCC)OC(=O)CCCCCCC/C=C\C/C=C\CCCCC)OC(=O)CCCCCCCCCCCCC. The average Bonchev–Trinajstić information content (AvgIpc) is 0.991. The number of phosphoric ester groups is 2. The lowest BCUT2D eigenvalue weighted by Gasteiger charge is -2.21. The minimum atomic E-state index is -4.98. The van der Waals surface area contributed by atoms with Crippen molar-refractivity contribution >= 4 is 39.5 Å². The second kappa shape index (κ2) is 71.6. The summed E-state index contributed by atoms with van der Waals surface area (Å²) in [5.41, 5.74) is 0. The first kappa shape index (κ1) is 94.2. The van der Waals surface area contributed by atoms with E-state index in [1.165, 1.54) is 77.0 Å². The number of rotatable bonds is 73. The number of ether oxygens (including phenoxy) is 4. The van der Waals surface area contributed by atoms with Crippen molar-refractivity contribution in [3.8, 4) is 0 Å². The molecule has 0 aromatic carbocycles. The van der Waals surface area contributed by atoms with Gasteiger partial charge in [0.1, 0.15) is 19.3 Å². The number of phosphoric acid groups is 2. The Bertz CT molecular complexity index is 2190. The Morgan fingerprint density at radius 2 is 0.520 bits per heavy atom. The van der Waals surface area contributed by atoms with Crippen LogP contribution in [0.15, 0.2) is 85.1 Å². The van der Waals surface area contributed by atoms with E-state index < -0.39 is 97.5 Å². The highest BCUT2D eigenvalue weighted by Gasteiger charge is 2.30. The lowest BCUT2D eigenvalue weighted by molar-refractivity contribution is -0.161. The second-order valence-electron chi connectivity index (χ2n) is 25.9. The number of esters is 4. The van der Waals surface area contributed by atoms with Gasteiger partial charge in [-0.05, 0) is 122 Å². The number of aliphatic hydroxyl groups excluding tert-OH is 1. The first-order valence-electron chi connectivity index (χ1n) is 38.8. The number of hydrogen-bond acceptors (Lipinski definition) is 15. The Kier molecular flexibility index (Phi) is 68.9. The Hall–Kier alpha value is -3.76. The Morgan fingerprint density at radius 1 is 0.286 bits per heavy atom. The lowest BCUT2D eigenvalue weighted by atomic mass is 10.1. The molecule has 0 aliphatic rings. The molecule has 0 saturated carbocycles. The molecule has 0 radical (unpaired) electrons. The molecule has 0 heterocycles. The van der Waals surface area contributed by atoms with E-state index in [0.29, 0.717) is 25.7 Å². The van der Waals surface area contributed by atoms with Gasteiger partial charge in [-0.2, -0.15) is 0 Å². The molecule has 0 aliphatic heterocycles. The molecule has 0 aromatic rings. The van der Waals surface area contributed by atoms with Gasteiger partial charge in [-0.15, -0.1) is 0 Å². The molecular weight excluding hydrogens is 1280 g/mol. The zero-order valence-corrected chi connectivity index (χ0v) is 63.7. The number of unbranched alkanes of at least 4 members (excludes halogenated alkanes) is 33. The number of carbonyl (C=O) groups is 4. The Morgan fingerprint density at radius 3 is 0.827 bits per heavy atom. The maximum atomic E-state index is 13.1. The van der Waals surface area contributed by atoms with Crippen LogP contribution in [0.3, 0.4) is 0 Å². The normalized spacial score (nSPS) is 14.4. The third kappa shape index (κ3) is 70.7. The van der Waals surface area contributed by atoms with E-state index in [4.69, 9.17) is 37.0 Å². The van der Waals surface area contributed by atoms with Crippen molar-refractivity contribution in [2.45, 2.75) is 354 Å². The van der Waals surface area contributed by atoms with Crippen molar-refractivity contribution in [2.24, 2.45) is 0 Å². The van der Waals surface area contributed by atoms with Gasteiger partial charge in [-0.3, -0.25) is 37.3 Å². The van der Waals surface area contributed by atoms with Crippen molar-refractivity contribution in [3.63, 3.8) is 0 Å². The van der Waals surface area contributed by atoms with E-state index in [1.54, 1.807) is 0 Å². The maximum absolute atomic E-state index is 13.1. The van der Waals surface area contributed by atoms with Crippen LogP contribution in [0.25, 0.3) is 0 Å². The molecule has 0 amide bonds. The van der Waals surface area contributed by atoms with E-state index in [1.807, 2.05) is 0 Å². The van der Waals surface area contributed by atoms with Gasteiger partial charge in [0.15, 0.2) is 12.2 Å². The van der Waals surface area contributed by atoms with E-state index in [0.717, 1.165) is 180 Å². The van der Waals surface area contributed by atoms with Crippen LogP contribution in [0.5, 0.6) is 0 Å². The smallest absolute Gasteiger partial charge is 0.462 e. The van der Waals surface area contributed by atoms with E-state index in [-0.39, 0.29) is 25.7 Å². The van der Waals surface area contributed by atoms with Gasteiger partial charge in [0.2, 0.25) is 0 Å². The molecule has 5 unspecified atom stereocenters. The van der Waals surface area contributed by atoms with E-state index in [2.05, 4.69) is 113 Å². The van der Waals surface area contributed by atoms with Crippen LogP contribution in [0, 0.1) is 0 Å². The highest BCUT2D eigenvalue weighted by atomic mass is 31.2. The van der Waals surface area contributed by atoms with Crippen molar-refractivity contribution in [1.82, 2.24) is 0 Å². The molecule has 5 atom stereocenters. The van der Waals surface area contributed by atoms with Gasteiger partial charge in [0, 0.05) is 25.7 Å². The van der Waals surface area contributed by atoms with E-state index >= 15 is 0 Å². The fourth-order valence-corrected chi connectivity index (χ4v) is 11.9. The molecule has 3 N–H and O–H groups in total. The van der Waals surface area contributed by atoms with Crippen molar-refractivity contribution in [3.05, 3.63) is 85.1 Å². The minimum Gasteiger partial charge on any atom is -0.462 e. The Balaban J connectivity index is 5.33. The maximum Gasteiger partial charge on any atom is 0.472 e. The number of carbonyl (C=O) groups excluding carboxylic acids is 4. The topological polar surface area (TPSA) is 237 Å². The summed E-state index contributed by atoms with van der Waals surface area (Å²) in [7, 11) is -9.95. The molecule has 17 nitrogen and oxygen atoms in total. The largest absolute Gasteiger partial charge is 0.472 e. The summed E-state index contributed by atoms with van der Waals surface area (Å²) in [6.45, 7) is 4.73. The fourth-order valence-electron chi connectivity index (χ4n) is 10.4. The summed E-state index contributed by atoms with van der Waals surface area (Å²) in [5, 5.41) is 10.6. The van der Waals surface area contributed by atoms with Gasteiger partial charge < -0.3 is 33.8 Å². The first-order valence-corrected chi connectivity index (χ1v) is 41.8. The molecule has 0 rings (SSSR count). The van der Waals surface area contributed by atoms with Gasteiger partial charge >= 0.3 is 39.5 Å². The minimum absolute atomic E-state index is 0.0771. The lowest BCUT2D eigenvalue weighted by Crippen LogP contribution is -2.30. The molecule has 0 aliphatic carbocycles. The van der Waals surface area contributed by atoms with Crippen LogP contribution in [0.1, 0.15) is 336 Å². The summed E-state index contributed by atoms with van der Waals surface area (Å²) in [4.78, 5) is 72.8. The summed E-state index contributed by atoms with van der Waals surface area (Å²) in [5.74, 6) is -2.20. The van der Waals surface area contributed by atoms with Crippen LogP contribution in [-0.2, 0) is 65.4 Å². The van der Waals surface area contributed by atoms with Gasteiger partial charge in [-0.1, -0.05) is 273 Å². The standard InChI is InChI=1S/C79H140O17P2/c1-5-9-13-17-21-25-29-32-34-35-36-37-39-41-45-48-52-56-60-64-77(82)90-70-75(96-79(84)66-62-58-54-50-46-42-38-33-30-26-22-18-14-10-6-2)72-94-98(87,88)92-68-73(80)67-91-97(85,86)93-71-74(95-78(83)65-61-57-53-49-43-28-24-20-16-12-8-4)69-89-76(81)63-59-55-51-47-44-40-31-27-23-19-15-11-7-3/h15,19,21-22,25-27,31-34,36-38,73-75,80H,5-14,16-18,20,23-24,28-30,35,39-72H2,1-4H3,(H,85,86)(H,87,88)/b19-15-,25-21-,26-22-,31-27-,34-32-,37-36-,38-33-. The van der Waals surface area contributed by atoms with E-state index in [9.17, 15) is 43.2 Å². The van der Waals surface area contributed by atoms with Crippen molar-refractivity contribution in [2.75, 3.05) is 39.6 Å². The zero-order valence-electron chi connectivity index (χ0n) is 62.0. The molecule has 0 fully saturated rings. The number of hydrogen-bond donors (Lipinski definition) is 3. The quantitative estimate of drug-likeness (QED) is 0.0169. The average molecular weight is 1420 g/mol. The highest BCUT2D eigenvalue weighted by molar-refractivity contribution is 7.47. The predicted molar refractivity (Wildman–Crippen MR) is 399 cm³/mol. The molecular formula is C79H140O17P2. The monoisotopic (exact) mass is 1420 g/mol. The summed E-state index contributed by atoms with van der Waals surface area (Å²) < 4.78 is 68.4. The molecule has 0 saturated heterocycles. The third-order valence-corrected chi connectivity index (χ3v) is 18.2. The van der Waals surface area contributed by atoms with Crippen molar-refractivity contribution in [1.29, 1.82) is 0 Å². The van der Waals surface area contributed by atoms with Crippen LogP contribution in [0.4, 0.5) is 0 Å². The van der Waals surface area contributed by atoms with Crippen LogP contribution < -0.4 is 0 Å². The van der Waals surface area contributed by atoms with Crippen LogP contribution in [-0.4, -0.2) is 96.7 Å². The predicted octanol–water partition coefficient (Wildman–Crippen LogP) is 22.2. The van der Waals surface area contributed by atoms with Crippen LogP contribution in [0.2, 0.25) is 0 Å². The second-order valence-corrected chi connectivity index (χ2v) is 28.9. The molecule has 19 heteroatoms. The molecule has 98 heavy (non-hydrogen) atoms. The number of aliphatic hydroxyl groups is 1. The molecule has 568 valence electrons. The highest BCUT2D eigenvalue weighted by Crippen LogP contribution is 2.45. The molecule has 0 bridgehead atoms. The first-order chi connectivity index (χ1) is 47.7. The summed E-state index contributed by atoms with van der Waals surface area (Å²) in [6.07, 6.45) is 72.8. The molecule has 0 spiro atoms. The zero-order chi connectivity index (χ0) is 71.8. The fraction of sp³-hybridized carbons (Fsp3) is 0.772. The van der Waals surface area contributed by atoms with Crippen LogP contribution >= 0.6 is 15.6 Å².